The second-order valence-corrected chi connectivity index (χ2v) is 13.7. The lowest BCUT2D eigenvalue weighted by molar-refractivity contribution is 0.660. The Balaban J connectivity index is 1.24. The monoisotopic (exact) mass is 627 g/mol. The van der Waals surface area contributed by atoms with Gasteiger partial charge in [0.25, 0.3) is 0 Å². The molecule has 10 rings (SSSR count). The molecule has 8 aromatic carbocycles. The van der Waals surface area contributed by atoms with E-state index < -0.39 is 0 Å². The molecule has 0 bridgehead atoms. The fraction of sp³-hybridized carbons (Fsp3) is 0.0638. The van der Waals surface area contributed by atoms with Crippen molar-refractivity contribution in [3.63, 3.8) is 0 Å². The van der Waals surface area contributed by atoms with Crippen LogP contribution in [0.1, 0.15) is 25.0 Å². The van der Waals surface area contributed by atoms with E-state index in [2.05, 4.69) is 183 Å². The number of hydrogen-bond donors (Lipinski definition) is 0. The van der Waals surface area contributed by atoms with Gasteiger partial charge in [0.2, 0.25) is 0 Å². The van der Waals surface area contributed by atoms with Gasteiger partial charge in [-0.15, -0.1) is 0 Å². The number of hydrogen-bond acceptors (Lipinski definition) is 2. The molecular formula is C47H33NO. The third-order valence-electron chi connectivity index (χ3n) is 10.6. The van der Waals surface area contributed by atoms with Gasteiger partial charge in [0.05, 0.1) is 5.69 Å². The van der Waals surface area contributed by atoms with Gasteiger partial charge in [-0.3, -0.25) is 0 Å². The summed E-state index contributed by atoms with van der Waals surface area (Å²) >= 11 is 0. The van der Waals surface area contributed by atoms with Crippen LogP contribution in [-0.2, 0) is 5.41 Å². The Labute approximate surface area is 285 Å². The molecule has 0 saturated heterocycles. The molecule has 49 heavy (non-hydrogen) atoms. The normalized spacial score (nSPS) is 13.3. The van der Waals surface area contributed by atoms with Crippen LogP contribution in [0.2, 0.25) is 0 Å². The van der Waals surface area contributed by atoms with Gasteiger partial charge in [0.1, 0.15) is 11.2 Å². The number of anilines is 3. The van der Waals surface area contributed by atoms with Crippen molar-refractivity contribution >= 4 is 60.5 Å². The van der Waals surface area contributed by atoms with E-state index >= 15 is 0 Å². The first-order valence-corrected chi connectivity index (χ1v) is 17.0. The standard InChI is InChI=1S/C47H33NO/c1-47(2)41-21-11-10-20-37(41)38-25-23-34(29-42(38)47)48(43-22-12-17-30-13-6-8-18-35(30)43)33-24-26-44-39(28-33)40-27-32-16-7-9-19-36(32)45(46(40)49-44)31-14-4-3-5-15-31/h3-29H,1-2H3. The van der Waals surface area contributed by atoms with Crippen LogP contribution in [-0.4, -0.2) is 0 Å². The number of benzene rings is 8. The average Bonchev–Trinajstić information content (AvgIpc) is 3.62. The fourth-order valence-electron chi connectivity index (χ4n) is 8.25. The van der Waals surface area contributed by atoms with Crippen molar-refractivity contribution < 1.29 is 4.42 Å². The van der Waals surface area contributed by atoms with Gasteiger partial charge >= 0.3 is 0 Å². The van der Waals surface area contributed by atoms with Crippen molar-refractivity contribution in [2.24, 2.45) is 0 Å². The summed E-state index contributed by atoms with van der Waals surface area (Å²) in [5, 5.41) is 7.05. The lowest BCUT2D eigenvalue weighted by atomic mass is 9.82. The molecule has 1 heterocycles. The Hall–Kier alpha value is -6.12. The second kappa shape index (κ2) is 10.4. The van der Waals surface area contributed by atoms with Crippen LogP contribution in [0.3, 0.4) is 0 Å². The largest absolute Gasteiger partial charge is 0.455 e. The van der Waals surface area contributed by atoms with E-state index in [0.717, 1.165) is 50.1 Å². The van der Waals surface area contributed by atoms with Crippen molar-refractivity contribution in [1.82, 2.24) is 0 Å². The Kier molecular flexibility index (Phi) is 5.95. The molecule has 1 aliphatic rings. The van der Waals surface area contributed by atoms with E-state index in [9.17, 15) is 0 Å². The van der Waals surface area contributed by atoms with Crippen LogP contribution < -0.4 is 4.90 Å². The van der Waals surface area contributed by atoms with Gasteiger partial charge in [0.15, 0.2) is 0 Å². The van der Waals surface area contributed by atoms with Crippen LogP contribution >= 0.6 is 0 Å². The summed E-state index contributed by atoms with van der Waals surface area (Å²) in [5.74, 6) is 0. The molecule has 232 valence electrons. The first-order chi connectivity index (χ1) is 24.1. The molecule has 0 unspecified atom stereocenters. The summed E-state index contributed by atoms with van der Waals surface area (Å²) in [4.78, 5) is 2.43. The maximum Gasteiger partial charge on any atom is 0.143 e. The van der Waals surface area contributed by atoms with E-state index in [0.29, 0.717) is 0 Å². The van der Waals surface area contributed by atoms with E-state index in [1.165, 1.54) is 43.8 Å². The Morgan fingerprint density at radius 2 is 1.14 bits per heavy atom. The molecule has 0 aliphatic heterocycles. The molecule has 0 saturated carbocycles. The van der Waals surface area contributed by atoms with Gasteiger partial charge in [-0.25, -0.2) is 0 Å². The molecular weight excluding hydrogens is 595 g/mol. The van der Waals surface area contributed by atoms with Gasteiger partial charge < -0.3 is 9.32 Å². The lowest BCUT2D eigenvalue weighted by Gasteiger charge is -2.29. The maximum absolute atomic E-state index is 6.77. The highest BCUT2D eigenvalue weighted by Crippen LogP contribution is 2.51. The van der Waals surface area contributed by atoms with Crippen LogP contribution in [0.4, 0.5) is 17.1 Å². The summed E-state index contributed by atoms with van der Waals surface area (Å²) in [6.45, 7) is 4.70. The van der Waals surface area contributed by atoms with E-state index in [-0.39, 0.29) is 5.41 Å². The van der Waals surface area contributed by atoms with Gasteiger partial charge in [-0.1, -0.05) is 135 Å². The lowest BCUT2D eigenvalue weighted by Crippen LogP contribution is -2.16. The molecule has 1 aromatic heterocycles. The molecule has 0 spiro atoms. The maximum atomic E-state index is 6.77. The zero-order valence-electron chi connectivity index (χ0n) is 27.4. The first kappa shape index (κ1) is 27.9. The summed E-state index contributed by atoms with van der Waals surface area (Å²) in [6, 6.07) is 59.4. The highest BCUT2D eigenvalue weighted by Gasteiger charge is 2.36. The van der Waals surface area contributed by atoms with Crippen molar-refractivity contribution in [3.8, 4) is 22.3 Å². The zero-order chi connectivity index (χ0) is 32.7. The minimum Gasteiger partial charge on any atom is -0.455 e. The predicted molar refractivity (Wildman–Crippen MR) is 206 cm³/mol. The Morgan fingerprint density at radius 3 is 2.02 bits per heavy atom. The van der Waals surface area contributed by atoms with Crippen molar-refractivity contribution in [3.05, 3.63) is 175 Å². The topological polar surface area (TPSA) is 16.4 Å². The second-order valence-electron chi connectivity index (χ2n) is 13.7. The molecule has 0 amide bonds. The molecule has 0 fully saturated rings. The third-order valence-corrected chi connectivity index (χ3v) is 10.6. The summed E-state index contributed by atoms with van der Waals surface area (Å²) in [6.07, 6.45) is 0. The van der Waals surface area contributed by atoms with Crippen molar-refractivity contribution in [2.75, 3.05) is 4.90 Å². The molecule has 2 heteroatoms. The van der Waals surface area contributed by atoms with Crippen LogP contribution in [0.5, 0.6) is 0 Å². The summed E-state index contributed by atoms with van der Waals surface area (Å²) in [7, 11) is 0. The van der Waals surface area contributed by atoms with E-state index in [1.54, 1.807) is 0 Å². The van der Waals surface area contributed by atoms with Gasteiger partial charge in [-0.2, -0.15) is 0 Å². The molecule has 1 aliphatic carbocycles. The SMILES string of the molecule is CC1(C)c2ccccc2-c2ccc(N(c3ccc4oc5c(-c6ccccc6)c6ccccc6cc5c4c3)c3cccc4ccccc34)cc21. The van der Waals surface area contributed by atoms with Crippen LogP contribution in [0.25, 0.3) is 65.7 Å². The molecule has 0 radical (unpaired) electrons. The average molecular weight is 628 g/mol. The van der Waals surface area contributed by atoms with Gasteiger partial charge in [-0.05, 0) is 86.4 Å². The van der Waals surface area contributed by atoms with Gasteiger partial charge in [0, 0.05) is 38.5 Å². The summed E-state index contributed by atoms with van der Waals surface area (Å²) < 4.78 is 6.77. The molecule has 0 atom stereocenters. The van der Waals surface area contributed by atoms with Crippen molar-refractivity contribution in [2.45, 2.75) is 19.3 Å². The number of fused-ring (bicyclic) bond motifs is 8. The number of nitrogens with zero attached hydrogens (tertiary/aromatic N) is 1. The third kappa shape index (κ3) is 4.14. The predicted octanol–water partition coefficient (Wildman–Crippen LogP) is 13.3. The molecule has 2 nitrogen and oxygen atoms in total. The molecule has 9 aromatic rings. The Bertz CT molecular complexity index is 2750. The Morgan fingerprint density at radius 1 is 0.469 bits per heavy atom. The zero-order valence-corrected chi connectivity index (χ0v) is 27.4. The molecule has 0 N–H and O–H groups in total. The number of furan rings is 1. The van der Waals surface area contributed by atoms with E-state index in [4.69, 9.17) is 4.42 Å². The highest BCUT2D eigenvalue weighted by atomic mass is 16.3. The minimum atomic E-state index is -0.105. The first-order valence-electron chi connectivity index (χ1n) is 17.0. The summed E-state index contributed by atoms with van der Waals surface area (Å²) in [5.41, 5.74) is 12.8. The van der Waals surface area contributed by atoms with Crippen molar-refractivity contribution in [1.29, 1.82) is 0 Å². The fourth-order valence-corrected chi connectivity index (χ4v) is 8.25. The van der Waals surface area contributed by atoms with Crippen LogP contribution in [0.15, 0.2) is 168 Å². The van der Waals surface area contributed by atoms with Crippen LogP contribution in [0, 0.1) is 0 Å². The minimum absolute atomic E-state index is 0.105. The quantitative estimate of drug-likeness (QED) is 0.193. The van der Waals surface area contributed by atoms with E-state index in [1.807, 2.05) is 0 Å². The number of rotatable bonds is 4. The highest BCUT2D eigenvalue weighted by molar-refractivity contribution is 6.19. The smallest absolute Gasteiger partial charge is 0.143 e.